The van der Waals surface area contributed by atoms with Gasteiger partial charge in [-0.3, -0.25) is 0 Å². The molecule has 0 aliphatic carbocycles. The minimum absolute atomic E-state index is 0.137. The Kier molecular flexibility index (Phi) is 3.96. The highest BCUT2D eigenvalue weighted by Gasteiger charge is 2.19. The lowest BCUT2D eigenvalue weighted by Gasteiger charge is -2.28. The van der Waals surface area contributed by atoms with Crippen LogP contribution >= 0.6 is 0 Å². The number of aromatic nitrogens is 1. The standard InChI is InChI=1S/C12H20N2O2/c1-14-5-2-3-10(8-14)7-12-13-11(4-6-15)9-16-12/h9-10,15H,2-8H2,1H3. The molecule has 0 aromatic carbocycles. The molecule has 0 amide bonds. The van der Waals surface area contributed by atoms with Crippen LogP contribution < -0.4 is 0 Å². The third-order valence-electron chi connectivity index (χ3n) is 3.15. The summed E-state index contributed by atoms with van der Waals surface area (Å²) in [4.78, 5) is 6.74. The molecule has 1 fully saturated rings. The second kappa shape index (κ2) is 5.46. The van der Waals surface area contributed by atoms with Crippen molar-refractivity contribution in [2.24, 2.45) is 5.92 Å². The highest BCUT2D eigenvalue weighted by molar-refractivity contribution is 4.97. The quantitative estimate of drug-likeness (QED) is 0.832. The maximum atomic E-state index is 8.80. The minimum atomic E-state index is 0.137. The van der Waals surface area contributed by atoms with Crippen molar-refractivity contribution < 1.29 is 9.52 Å². The van der Waals surface area contributed by atoms with E-state index in [4.69, 9.17) is 9.52 Å². The zero-order valence-electron chi connectivity index (χ0n) is 9.85. The van der Waals surface area contributed by atoms with E-state index in [1.807, 2.05) is 0 Å². The molecule has 1 aliphatic rings. The minimum Gasteiger partial charge on any atom is -0.449 e. The van der Waals surface area contributed by atoms with Crippen LogP contribution in [0.5, 0.6) is 0 Å². The van der Waals surface area contributed by atoms with Crippen molar-refractivity contribution in [3.8, 4) is 0 Å². The summed E-state index contributed by atoms with van der Waals surface area (Å²) in [5.41, 5.74) is 0.863. The van der Waals surface area contributed by atoms with Crippen LogP contribution in [0.1, 0.15) is 24.4 Å². The first-order valence-electron chi connectivity index (χ1n) is 6.00. The normalized spacial score (nSPS) is 22.5. The zero-order chi connectivity index (χ0) is 11.4. The average molecular weight is 224 g/mol. The SMILES string of the molecule is CN1CCCC(Cc2nc(CCO)co2)C1. The Bertz CT molecular complexity index is 325. The number of hydrogen-bond acceptors (Lipinski definition) is 4. The number of aliphatic hydroxyl groups excluding tert-OH is 1. The fourth-order valence-corrected chi connectivity index (χ4v) is 2.36. The molecular formula is C12H20N2O2. The second-order valence-corrected chi connectivity index (χ2v) is 4.68. The van der Waals surface area contributed by atoms with Crippen molar-refractivity contribution in [1.29, 1.82) is 0 Å². The van der Waals surface area contributed by atoms with Gasteiger partial charge < -0.3 is 14.4 Å². The molecule has 90 valence electrons. The highest BCUT2D eigenvalue weighted by Crippen LogP contribution is 2.19. The molecule has 4 nitrogen and oxygen atoms in total. The van der Waals surface area contributed by atoms with Crippen molar-refractivity contribution in [3.05, 3.63) is 17.8 Å². The molecule has 0 saturated carbocycles. The van der Waals surface area contributed by atoms with Crippen LogP contribution in [0.15, 0.2) is 10.7 Å². The van der Waals surface area contributed by atoms with Gasteiger partial charge in [-0.05, 0) is 32.4 Å². The molecule has 1 aromatic heterocycles. The molecule has 1 aliphatic heterocycles. The predicted molar refractivity (Wildman–Crippen MR) is 61.2 cm³/mol. The summed E-state index contributed by atoms with van der Waals surface area (Å²) >= 11 is 0. The molecule has 4 heteroatoms. The lowest BCUT2D eigenvalue weighted by atomic mass is 9.95. The maximum Gasteiger partial charge on any atom is 0.194 e. The van der Waals surface area contributed by atoms with Crippen LogP contribution in [0.4, 0.5) is 0 Å². The van der Waals surface area contributed by atoms with E-state index in [0.717, 1.165) is 24.6 Å². The van der Waals surface area contributed by atoms with Gasteiger partial charge >= 0.3 is 0 Å². The van der Waals surface area contributed by atoms with Gasteiger partial charge in [0.15, 0.2) is 5.89 Å². The lowest BCUT2D eigenvalue weighted by molar-refractivity contribution is 0.202. The molecule has 1 aromatic rings. The molecular weight excluding hydrogens is 204 g/mol. The monoisotopic (exact) mass is 224 g/mol. The number of rotatable bonds is 4. The Hall–Kier alpha value is -0.870. The van der Waals surface area contributed by atoms with Crippen LogP contribution in [0.3, 0.4) is 0 Å². The van der Waals surface area contributed by atoms with Gasteiger partial charge in [0.25, 0.3) is 0 Å². The third-order valence-corrected chi connectivity index (χ3v) is 3.15. The molecule has 2 rings (SSSR count). The number of nitrogens with zero attached hydrogens (tertiary/aromatic N) is 2. The summed E-state index contributed by atoms with van der Waals surface area (Å²) < 4.78 is 5.41. The molecule has 2 heterocycles. The van der Waals surface area contributed by atoms with Crippen molar-refractivity contribution in [2.45, 2.75) is 25.7 Å². The average Bonchev–Trinajstić information content (AvgIpc) is 2.66. The summed E-state index contributed by atoms with van der Waals surface area (Å²) in [6.07, 6.45) is 5.72. The summed E-state index contributed by atoms with van der Waals surface area (Å²) in [6, 6.07) is 0. The molecule has 1 saturated heterocycles. The Morgan fingerprint density at radius 2 is 2.50 bits per heavy atom. The Balaban J connectivity index is 1.87. The van der Waals surface area contributed by atoms with Gasteiger partial charge in [-0.1, -0.05) is 0 Å². The van der Waals surface area contributed by atoms with Gasteiger partial charge in [0.2, 0.25) is 0 Å². The molecule has 1 N–H and O–H groups in total. The van der Waals surface area contributed by atoms with Crippen molar-refractivity contribution in [1.82, 2.24) is 9.88 Å². The number of oxazole rings is 1. The Morgan fingerprint density at radius 1 is 1.62 bits per heavy atom. The largest absolute Gasteiger partial charge is 0.449 e. The highest BCUT2D eigenvalue weighted by atomic mass is 16.3. The van der Waals surface area contributed by atoms with Gasteiger partial charge in [0.1, 0.15) is 6.26 Å². The van der Waals surface area contributed by atoms with E-state index in [1.165, 1.54) is 19.4 Å². The fourth-order valence-electron chi connectivity index (χ4n) is 2.36. The Morgan fingerprint density at radius 3 is 3.25 bits per heavy atom. The van der Waals surface area contributed by atoms with E-state index < -0.39 is 0 Å². The van der Waals surface area contributed by atoms with Gasteiger partial charge in [-0.15, -0.1) is 0 Å². The lowest BCUT2D eigenvalue weighted by Crippen LogP contribution is -2.33. The summed E-state index contributed by atoms with van der Waals surface area (Å²) in [7, 11) is 2.17. The Labute approximate surface area is 96.3 Å². The fraction of sp³-hybridized carbons (Fsp3) is 0.750. The second-order valence-electron chi connectivity index (χ2n) is 4.68. The summed E-state index contributed by atoms with van der Waals surface area (Å²) in [6.45, 7) is 2.48. The third kappa shape index (κ3) is 3.06. The van der Waals surface area contributed by atoms with E-state index in [0.29, 0.717) is 12.3 Å². The van der Waals surface area contributed by atoms with E-state index in [1.54, 1.807) is 6.26 Å². The molecule has 0 spiro atoms. The van der Waals surface area contributed by atoms with Gasteiger partial charge in [0.05, 0.1) is 5.69 Å². The van der Waals surface area contributed by atoms with Gasteiger partial charge in [-0.2, -0.15) is 0 Å². The van der Waals surface area contributed by atoms with Crippen molar-refractivity contribution in [3.63, 3.8) is 0 Å². The summed E-state index contributed by atoms with van der Waals surface area (Å²) in [5.74, 6) is 1.49. The number of hydrogen-bond donors (Lipinski definition) is 1. The van der Waals surface area contributed by atoms with Crippen LogP contribution in [-0.2, 0) is 12.8 Å². The first kappa shape index (κ1) is 11.6. The number of aliphatic hydroxyl groups is 1. The topological polar surface area (TPSA) is 49.5 Å². The molecule has 1 atom stereocenters. The number of piperidine rings is 1. The first-order valence-corrected chi connectivity index (χ1v) is 6.00. The van der Waals surface area contributed by atoms with E-state index >= 15 is 0 Å². The smallest absolute Gasteiger partial charge is 0.194 e. The molecule has 0 radical (unpaired) electrons. The summed E-state index contributed by atoms with van der Waals surface area (Å²) in [5, 5.41) is 8.80. The maximum absolute atomic E-state index is 8.80. The molecule has 0 bridgehead atoms. The first-order chi connectivity index (χ1) is 7.78. The van der Waals surface area contributed by atoms with Gasteiger partial charge in [-0.25, -0.2) is 4.98 Å². The van der Waals surface area contributed by atoms with E-state index in [-0.39, 0.29) is 6.61 Å². The van der Waals surface area contributed by atoms with E-state index in [9.17, 15) is 0 Å². The van der Waals surface area contributed by atoms with E-state index in [2.05, 4.69) is 16.9 Å². The van der Waals surface area contributed by atoms with Crippen LogP contribution in [0.2, 0.25) is 0 Å². The molecule has 1 unspecified atom stereocenters. The van der Waals surface area contributed by atoms with Gasteiger partial charge in [0, 0.05) is 26.0 Å². The zero-order valence-corrected chi connectivity index (χ0v) is 9.85. The van der Waals surface area contributed by atoms with Crippen LogP contribution in [0, 0.1) is 5.92 Å². The molecule has 16 heavy (non-hydrogen) atoms. The van der Waals surface area contributed by atoms with Crippen LogP contribution in [0.25, 0.3) is 0 Å². The van der Waals surface area contributed by atoms with Crippen molar-refractivity contribution >= 4 is 0 Å². The predicted octanol–water partition coefficient (Wildman–Crippen LogP) is 1.09. The number of likely N-dealkylation sites (tertiary alicyclic amines) is 1. The van der Waals surface area contributed by atoms with Crippen LogP contribution in [-0.4, -0.2) is 41.7 Å². The van der Waals surface area contributed by atoms with Crippen molar-refractivity contribution in [2.75, 3.05) is 26.7 Å².